The van der Waals surface area contributed by atoms with E-state index in [-0.39, 0.29) is 0 Å². The molecule has 0 fully saturated rings. The molecule has 0 radical (unpaired) electrons. The van der Waals surface area contributed by atoms with Gasteiger partial charge in [-0.05, 0) is 37.6 Å². The molecule has 0 amide bonds. The Hall–Kier alpha value is -1.81. The fraction of sp³-hybridized carbons (Fsp3) is 0.400. The van der Waals surface area contributed by atoms with Crippen molar-refractivity contribution in [2.24, 2.45) is 7.05 Å². The Bertz CT molecular complexity index is 481. The van der Waals surface area contributed by atoms with Gasteiger partial charge in [-0.3, -0.25) is 4.68 Å². The van der Waals surface area contributed by atoms with Crippen LogP contribution in [0.4, 0.5) is 0 Å². The van der Waals surface area contributed by atoms with E-state index in [9.17, 15) is 0 Å². The topological polar surface area (TPSA) is 39.1 Å². The third-order valence-corrected chi connectivity index (χ3v) is 3.13. The zero-order chi connectivity index (χ0) is 13.5. The molecule has 0 aliphatic carbocycles. The van der Waals surface area contributed by atoms with Crippen LogP contribution in [-0.4, -0.2) is 29.5 Å². The van der Waals surface area contributed by atoms with E-state index in [1.165, 1.54) is 5.56 Å². The SMILES string of the molecule is CNC(CCOc1ccccc1)Cc1cnn(C)c1. The number of nitrogens with one attached hydrogen (secondary N) is 1. The van der Waals surface area contributed by atoms with Crippen LogP contribution in [-0.2, 0) is 13.5 Å². The molecule has 0 spiro atoms. The van der Waals surface area contributed by atoms with Crippen molar-refractivity contribution in [3.8, 4) is 5.75 Å². The quantitative estimate of drug-likeness (QED) is 0.827. The molecule has 1 aromatic carbocycles. The van der Waals surface area contributed by atoms with Crippen molar-refractivity contribution in [3.63, 3.8) is 0 Å². The Morgan fingerprint density at radius 1 is 1.32 bits per heavy atom. The van der Waals surface area contributed by atoms with Gasteiger partial charge in [0.1, 0.15) is 5.75 Å². The predicted octanol–water partition coefficient (Wildman–Crippen LogP) is 2.02. The van der Waals surface area contributed by atoms with E-state index < -0.39 is 0 Å². The normalized spacial score (nSPS) is 12.3. The lowest BCUT2D eigenvalue weighted by Crippen LogP contribution is -2.29. The number of hydrogen-bond donors (Lipinski definition) is 1. The molecule has 0 aliphatic rings. The lowest BCUT2D eigenvalue weighted by Gasteiger charge is -2.15. The maximum absolute atomic E-state index is 5.72. The largest absolute Gasteiger partial charge is 0.494 e. The number of rotatable bonds is 7. The molecule has 1 aromatic heterocycles. The van der Waals surface area contributed by atoms with Gasteiger partial charge in [0, 0.05) is 19.3 Å². The minimum Gasteiger partial charge on any atom is -0.494 e. The number of aromatic nitrogens is 2. The minimum absolute atomic E-state index is 0.410. The van der Waals surface area contributed by atoms with Crippen LogP contribution in [0.25, 0.3) is 0 Å². The Kier molecular flexibility index (Phi) is 4.98. The van der Waals surface area contributed by atoms with E-state index in [1.54, 1.807) is 0 Å². The maximum Gasteiger partial charge on any atom is 0.119 e. The lowest BCUT2D eigenvalue weighted by molar-refractivity contribution is 0.288. The molecule has 2 aromatic rings. The molecule has 19 heavy (non-hydrogen) atoms. The van der Waals surface area contributed by atoms with Crippen molar-refractivity contribution >= 4 is 0 Å². The summed E-state index contributed by atoms with van der Waals surface area (Å²) >= 11 is 0. The molecule has 0 bridgehead atoms. The van der Waals surface area contributed by atoms with Crippen molar-refractivity contribution < 1.29 is 4.74 Å². The Morgan fingerprint density at radius 3 is 2.74 bits per heavy atom. The molecule has 102 valence electrons. The van der Waals surface area contributed by atoms with Gasteiger partial charge in [0.15, 0.2) is 0 Å². The summed E-state index contributed by atoms with van der Waals surface area (Å²) in [6.07, 6.45) is 5.92. The van der Waals surface area contributed by atoms with Crippen molar-refractivity contribution in [3.05, 3.63) is 48.3 Å². The molecule has 0 saturated heterocycles. The zero-order valence-electron chi connectivity index (χ0n) is 11.5. The molecule has 1 unspecified atom stereocenters. The number of para-hydroxylation sites is 1. The molecule has 1 atom stereocenters. The molecular weight excluding hydrogens is 238 g/mol. The molecule has 0 aliphatic heterocycles. The Morgan fingerprint density at radius 2 is 2.11 bits per heavy atom. The van der Waals surface area contributed by atoms with Crippen LogP contribution in [0.2, 0.25) is 0 Å². The summed E-state index contributed by atoms with van der Waals surface area (Å²) in [4.78, 5) is 0. The number of benzene rings is 1. The van der Waals surface area contributed by atoms with Crippen LogP contribution >= 0.6 is 0 Å². The van der Waals surface area contributed by atoms with Crippen LogP contribution in [0.1, 0.15) is 12.0 Å². The number of likely N-dealkylation sites (N-methyl/N-ethyl adjacent to an activating group) is 1. The third-order valence-electron chi connectivity index (χ3n) is 3.13. The molecule has 4 heteroatoms. The highest BCUT2D eigenvalue weighted by Crippen LogP contribution is 2.10. The van der Waals surface area contributed by atoms with Crippen molar-refractivity contribution in [2.45, 2.75) is 18.9 Å². The summed E-state index contributed by atoms with van der Waals surface area (Å²) in [6.45, 7) is 0.718. The smallest absolute Gasteiger partial charge is 0.119 e. The average Bonchev–Trinajstić information content (AvgIpc) is 2.84. The van der Waals surface area contributed by atoms with Gasteiger partial charge in [0.05, 0.1) is 12.8 Å². The molecule has 2 rings (SSSR count). The van der Waals surface area contributed by atoms with Crippen LogP contribution in [0.3, 0.4) is 0 Å². The number of nitrogens with zero attached hydrogens (tertiary/aromatic N) is 2. The zero-order valence-corrected chi connectivity index (χ0v) is 11.5. The standard InChI is InChI=1S/C15H21N3O/c1-16-14(10-13-11-17-18(2)12-13)8-9-19-15-6-4-3-5-7-15/h3-7,11-12,14,16H,8-10H2,1-2H3. The highest BCUT2D eigenvalue weighted by atomic mass is 16.5. The van der Waals surface area contributed by atoms with Crippen LogP contribution in [0.5, 0.6) is 5.75 Å². The molecular formula is C15H21N3O. The van der Waals surface area contributed by atoms with E-state index >= 15 is 0 Å². The predicted molar refractivity (Wildman–Crippen MR) is 76.3 cm³/mol. The van der Waals surface area contributed by atoms with Gasteiger partial charge in [-0.15, -0.1) is 0 Å². The van der Waals surface area contributed by atoms with E-state index in [0.29, 0.717) is 6.04 Å². The molecule has 1 heterocycles. The van der Waals surface area contributed by atoms with E-state index in [0.717, 1.165) is 25.2 Å². The van der Waals surface area contributed by atoms with E-state index in [2.05, 4.69) is 16.6 Å². The second kappa shape index (κ2) is 6.95. The number of hydrogen-bond acceptors (Lipinski definition) is 3. The summed E-state index contributed by atoms with van der Waals surface area (Å²) in [5, 5.41) is 7.52. The van der Waals surface area contributed by atoms with Crippen molar-refractivity contribution in [1.82, 2.24) is 15.1 Å². The lowest BCUT2D eigenvalue weighted by atomic mass is 10.1. The Balaban J connectivity index is 1.76. The van der Waals surface area contributed by atoms with Gasteiger partial charge in [0.2, 0.25) is 0 Å². The van der Waals surface area contributed by atoms with Gasteiger partial charge in [-0.2, -0.15) is 5.10 Å². The van der Waals surface area contributed by atoms with Crippen LogP contribution < -0.4 is 10.1 Å². The highest BCUT2D eigenvalue weighted by Gasteiger charge is 2.08. The fourth-order valence-corrected chi connectivity index (χ4v) is 2.05. The first-order valence-corrected chi connectivity index (χ1v) is 6.60. The summed E-state index contributed by atoms with van der Waals surface area (Å²) in [5.41, 5.74) is 1.25. The van der Waals surface area contributed by atoms with Gasteiger partial charge >= 0.3 is 0 Å². The average molecular weight is 259 g/mol. The highest BCUT2D eigenvalue weighted by molar-refractivity contribution is 5.20. The maximum atomic E-state index is 5.72. The van der Waals surface area contributed by atoms with Crippen molar-refractivity contribution in [1.29, 1.82) is 0 Å². The second-order valence-corrected chi connectivity index (χ2v) is 4.66. The van der Waals surface area contributed by atoms with E-state index in [1.807, 2.05) is 55.3 Å². The third kappa shape index (κ3) is 4.41. The van der Waals surface area contributed by atoms with Crippen LogP contribution in [0, 0.1) is 0 Å². The summed E-state index contributed by atoms with van der Waals surface area (Å²) in [7, 11) is 3.93. The van der Waals surface area contributed by atoms with Gasteiger partial charge in [0.25, 0.3) is 0 Å². The van der Waals surface area contributed by atoms with Crippen molar-refractivity contribution in [2.75, 3.05) is 13.7 Å². The summed E-state index contributed by atoms with van der Waals surface area (Å²) in [5.74, 6) is 0.929. The second-order valence-electron chi connectivity index (χ2n) is 4.66. The fourth-order valence-electron chi connectivity index (χ4n) is 2.05. The summed E-state index contributed by atoms with van der Waals surface area (Å²) in [6, 6.07) is 10.3. The van der Waals surface area contributed by atoms with Gasteiger partial charge < -0.3 is 10.1 Å². The first-order valence-electron chi connectivity index (χ1n) is 6.60. The molecule has 0 saturated carbocycles. The first-order chi connectivity index (χ1) is 9.28. The van der Waals surface area contributed by atoms with Gasteiger partial charge in [-0.25, -0.2) is 0 Å². The number of ether oxygens (including phenoxy) is 1. The van der Waals surface area contributed by atoms with Crippen LogP contribution in [0.15, 0.2) is 42.7 Å². The Labute approximate surface area is 114 Å². The van der Waals surface area contributed by atoms with E-state index in [4.69, 9.17) is 4.74 Å². The molecule has 4 nitrogen and oxygen atoms in total. The first kappa shape index (κ1) is 13.6. The minimum atomic E-state index is 0.410. The monoisotopic (exact) mass is 259 g/mol. The molecule has 1 N–H and O–H groups in total. The number of aryl methyl sites for hydroxylation is 1. The van der Waals surface area contributed by atoms with Gasteiger partial charge in [-0.1, -0.05) is 18.2 Å². The summed E-state index contributed by atoms with van der Waals surface area (Å²) < 4.78 is 7.56.